The average Bonchev–Trinajstić information content (AvgIpc) is 3.10. The highest BCUT2D eigenvalue weighted by molar-refractivity contribution is 7.10. The van der Waals surface area contributed by atoms with Crippen LogP contribution in [0.25, 0.3) is 11.3 Å². The Hall–Kier alpha value is -3.06. The van der Waals surface area contributed by atoms with Crippen molar-refractivity contribution in [2.45, 2.75) is 26.7 Å². The van der Waals surface area contributed by atoms with Gasteiger partial charge < -0.3 is 5.32 Å². The third-order valence-electron chi connectivity index (χ3n) is 4.21. The molecule has 0 spiro atoms. The van der Waals surface area contributed by atoms with E-state index in [0.29, 0.717) is 21.8 Å². The molecular weight excluding hydrogens is 362 g/mol. The predicted molar refractivity (Wildman–Crippen MR) is 107 cm³/mol. The number of aryl methyl sites for hydroxylation is 2. The van der Waals surface area contributed by atoms with Gasteiger partial charge in [0.05, 0.1) is 17.0 Å². The molecule has 0 saturated heterocycles. The summed E-state index contributed by atoms with van der Waals surface area (Å²) in [6.45, 7) is 3.78. The summed E-state index contributed by atoms with van der Waals surface area (Å²) >= 11 is 1.37. The Morgan fingerprint density at radius 3 is 2.63 bits per heavy atom. The zero-order valence-corrected chi connectivity index (χ0v) is 15.9. The van der Waals surface area contributed by atoms with Crippen molar-refractivity contribution < 1.29 is 9.72 Å². The Bertz CT molecular complexity index is 980. The Labute approximate surface area is 161 Å². The van der Waals surface area contributed by atoms with E-state index in [2.05, 4.69) is 17.2 Å². The molecule has 0 radical (unpaired) electrons. The third-order valence-corrected chi connectivity index (χ3v) is 5.06. The number of nitro groups is 1. The van der Waals surface area contributed by atoms with E-state index in [0.717, 1.165) is 12.1 Å². The Morgan fingerprint density at radius 1 is 1.22 bits per heavy atom. The number of nitro benzene ring substituents is 1. The molecule has 0 unspecified atom stereocenters. The molecule has 1 heterocycles. The van der Waals surface area contributed by atoms with E-state index in [1.807, 2.05) is 29.6 Å². The third kappa shape index (κ3) is 4.57. The summed E-state index contributed by atoms with van der Waals surface area (Å²) in [5.74, 6) is -0.143. The van der Waals surface area contributed by atoms with Gasteiger partial charge in [-0.2, -0.15) is 0 Å². The van der Waals surface area contributed by atoms with Crippen LogP contribution in [0.3, 0.4) is 0 Å². The first-order chi connectivity index (χ1) is 13.0. The zero-order chi connectivity index (χ0) is 19.4. The van der Waals surface area contributed by atoms with Gasteiger partial charge in [-0.05, 0) is 31.0 Å². The Balaban J connectivity index is 1.69. The molecule has 0 aliphatic carbocycles. The normalized spacial score (nSPS) is 10.6. The molecule has 138 valence electrons. The van der Waals surface area contributed by atoms with Crippen molar-refractivity contribution in [3.63, 3.8) is 0 Å². The molecular formula is C20H19N3O3S. The number of nitrogens with zero attached hydrogens (tertiary/aromatic N) is 2. The molecule has 1 aromatic heterocycles. The zero-order valence-electron chi connectivity index (χ0n) is 15.1. The molecule has 1 amide bonds. The summed E-state index contributed by atoms with van der Waals surface area (Å²) < 4.78 is 0. The van der Waals surface area contributed by atoms with E-state index in [-0.39, 0.29) is 18.0 Å². The number of amides is 1. The number of rotatable bonds is 6. The summed E-state index contributed by atoms with van der Waals surface area (Å²) in [4.78, 5) is 27.4. The second kappa shape index (κ2) is 8.09. The lowest BCUT2D eigenvalue weighted by atomic mass is 10.1. The highest BCUT2D eigenvalue weighted by Gasteiger charge is 2.14. The largest absolute Gasteiger partial charge is 0.326 e. The van der Waals surface area contributed by atoms with Crippen LogP contribution in [0.15, 0.2) is 47.8 Å². The molecule has 7 heteroatoms. The summed E-state index contributed by atoms with van der Waals surface area (Å²) in [7, 11) is 0. The van der Waals surface area contributed by atoms with Crippen LogP contribution in [0.4, 0.5) is 11.4 Å². The van der Waals surface area contributed by atoms with Crippen LogP contribution < -0.4 is 5.32 Å². The number of aromatic nitrogens is 1. The number of hydrogen-bond donors (Lipinski definition) is 1. The van der Waals surface area contributed by atoms with Gasteiger partial charge in [0.2, 0.25) is 5.91 Å². The van der Waals surface area contributed by atoms with E-state index in [1.165, 1.54) is 23.0 Å². The van der Waals surface area contributed by atoms with Crippen LogP contribution in [0.5, 0.6) is 0 Å². The van der Waals surface area contributed by atoms with E-state index in [4.69, 9.17) is 0 Å². The number of hydrogen-bond acceptors (Lipinski definition) is 5. The van der Waals surface area contributed by atoms with Crippen LogP contribution >= 0.6 is 11.3 Å². The lowest BCUT2D eigenvalue weighted by molar-refractivity contribution is -0.385. The average molecular weight is 381 g/mol. The van der Waals surface area contributed by atoms with Gasteiger partial charge in [0, 0.05) is 28.3 Å². The Morgan fingerprint density at radius 2 is 1.96 bits per heavy atom. The summed E-state index contributed by atoms with van der Waals surface area (Å²) in [6, 6.07) is 12.8. The van der Waals surface area contributed by atoms with Crippen LogP contribution in [0.2, 0.25) is 0 Å². The van der Waals surface area contributed by atoms with Crippen molar-refractivity contribution in [3.05, 3.63) is 74.1 Å². The topological polar surface area (TPSA) is 85.1 Å². The number of thiazole rings is 1. The highest BCUT2D eigenvalue weighted by atomic mass is 32.1. The fourth-order valence-electron chi connectivity index (χ4n) is 2.66. The Kier molecular flexibility index (Phi) is 5.61. The maximum atomic E-state index is 12.2. The number of benzene rings is 2. The number of carbonyl (C=O) groups is 1. The maximum Gasteiger partial charge on any atom is 0.272 e. The molecule has 6 nitrogen and oxygen atoms in total. The lowest BCUT2D eigenvalue weighted by Gasteiger charge is -2.05. The molecule has 2 aromatic carbocycles. The van der Waals surface area contributed by atoms with Gasteiger partial charge in [0.15, 0.2) is 0 Å². The van der Waals surface area contributed by atoms with Crippen molar-refractivity contribution >= 4 is 28.6 Å². The van der Waals surface area contributed by atoms with Crippen LogP contribution in [0.1, 0.15) is 23.1 Å². The van der Waals surface area contributed by atoms with Crippen molar-refractivity contribution in [1.82, 2.24) is 4.98 Å². The first-order valence-corrected chi connectivity index (χ1v) is 9.43. The highest BCUT2D eigenvalue weighted by Crippen LogP contribution is 2.28. The molecule has 0 aliphatic rings. The lowest BCUT2D eigenvalue weighted by Crippen LogP contribution is -2.14. The minimum absolute atomic E-state index is 0.0651. The van der Waals surface area contributed by atoms with Crippen LogP contribution in [0, 0.1) is 17.0 Å². The van der Waals surface area contributed by atoms with E-state index < -0.39 is 4.92 Å². The summed E-state index contributed by atoms with van der Waals surface area (Å²) in [5.41, 5.74) is 3.94. The SMILES string of the molecule is CCc1ccc(NC(=O)Cc2nc(-c3ccc(C)c([N+](=O)[O-])c3)cs2)cc1. The number of carbonyl (C=O) groups excluding carboxylic acids is 1. The first-order valence-electron chi connectivity index (χ1n) is 8.55. The second-order valence-electron chi connectivity index (χ2n) is 6.16. The van der Waals surface area contributed by atoms with E-state index in [9.17, 15) is 14.9 Å². The van der Waals surface area contributed by atoms with Crippen molar-refractivity contribution in [2.75, 3.05) is 5.32 Å². The van der Waals surface area contributed by atoms with Gasteiger partial charge in [-0.15, -0.1) is 11.3 Å². The van der Waals surface area contributed by atoms with Crippen LogP contribution in [-0.2, 0) is 17.6 Å². The number of nitrogens with one attached hydrogen (secondary N) is 1. The molecule has 0 bridgehead atoms. The summed E-state index contributed by atoms with van der Waals surface area (Å²) in [6.07, 6.45) is 1.11. The molecule has 0 aliphatic heterocycles. The smallest absolute Gasteiger partial charge is 0.272 e. The summed E-state index contributed by atoms with van der Waals surface area (Å²) in [5, 5.41) is 16.4. The first kappa shape index (κ1) is 18.7. The van der Waals surface area contributed by atoms with Crippen LogP contribution in [-0.4, -0.2) is 15.8 Å². The monoisotopic (exact) mass is 381 g/mol. The quantitative estimate of drug-likeness (QED) is 0.492. The molecule has 3 rings (SSSR count). The standard InChI is InChI=1S/C20H19N3O3S/c1-3-14-5-8-16(9-6-14)21-19(24)11-20-22-17(12-27-20)15-7-4-13(2)18(10-15)23(25)26/h4-10,12H,3,11H2,1-2H3,(H,21,24). The van der Waals surface area contributed by atoms with Gasteiger partial charge in [0.25, 0.3) is 5.69 Å². The molecule has 0 atom stereocenters. The van der Waals surface area contributed by atoms with Crippen molar-refractivity contribution in [1.29, 1.82) is 0 Å². The second-order valence-corrected chi connectivity index (χ2v) is 7.10. The van der Waals surface area contributed by atoms with E-state index in [1.54, 1.807) is 19.1 Å². The predicted octanol–water partition coefficient (Wildman–Crippen LogP) is 4.77. The van der Waals surface area contributed by atoms with Gasteiger partial charge in [-0.1, -0.05) is 31.2 Å². The van der Waals surface area contributed by atoms with Gasteiger partial charge in [-0.25, -0.2) is 4.98 Å². The van der Waals surface area contributed by atoms with E-state index >= 15 is 0 Å². The minimum atomic E-state index is -0.399. The maximum absolute atomic E-state index is 12.2. The molecule has 3 aromatic rings. The fraction of sp³-hybridized carbons (Fsp3) is 0.200. The molecule has 27 heavy (non-hydrogen) atoms. The van der Waals surface area contributed by atoms with Gasteiger partial charge in [-0.3, -0.25) is 14.9 Å². The number of anilines is 1. The van der Waals surface area contributed by atoms with Crippen molar-refractivity contribution in [3.8, 4) is 11.3 Å². The minimum Gasteiger partial charge on any atom is -0.326 e. The van der Waals surface area contributed by atoms with Gasteiger partial charge in [0.1, 0.15) is 5.01 Å². The van der Waals surface area contributed by atoms with Gasteiger partial charge >= 0.3 is 0 Å². The molecule has 0 saturated carbocycles. The fourth-order valence-corrected chi connectivity index (χ4v) is 3.46. The van der Waals surface area contributed by atoms with Crippen molar-refractivity contribution in [2.24, 2.45) is 0 Å². The molecule has 1 N–H and O–H groups in total. The molecule has 0 fully saturated rings.